The Kier molecular flexibility index (Phi) is 3.92. The highest BCUT2D eigenvalue weighted by Gasteiger charge is 2.43. The molecule has 1 aromatic heterocycles. The minimum Gasteiger partial charge on any atom is -0.465 e. The van der Waals surface area contributed by atoms with Crippen LogP contribution in [0.25, 0.3) is 0 Å². The molecule has 1 heterocycles. The summed E-state index contributed by atoms with van der Waals surface area (Å²) in [7, 11) is 0. The minimum absolute atomic E-state index is 0.0666. The highest BCUT2D eigenvalue weighted by atomic mass is 32.1. The Labute approximate surface area is 105 Å². The zero-order valence-corrected chi connectivity index (χ0v) is 10.9. The van der Waals surface area contributed by atoms with Crippen molar-refractivity contribution in [1.29, 1.82) is 0 Å². The molecule has 0 spiro atoms. The zero-order chi connectivity index (χ0) is 11.4. The molecule has 1 saturated carbocycles. The van der Waals surface area contributed by atoms with Crippen LogP contribution in [0.4, 0.5) is 0 Å². The molecule has 1 aliphatic carbocycles. The molecule has 1 fully saturated rings. The lowest BCUT2D eigenvalue weighted by Gasteiger charge is -2.10. The number of carbonyl (C=O) groups excluding carboxylic acids is 1. The maximum Gasteiger partial charge on any atom is 0.306 e. The molecule has 16 heavy (non-hydrogen) atoms. The van der Waals surface area contributed by atoms with Gasteiger partial charge in [-0.2, -0.15) is 12.6 Å². The van der Waals surface area contributed by atoms with Crippen molar-refractivity contribution >= 4 is 29.9 Å². The largest absolute Gasteiger partial charge is 0.465 e. The van der Waals surface area contributed by atoms with Crippen molar-refractivity contribution in [3.05, 3.63) is 22.4 Å². The predicted molar refractivity (Wildman–Crippen MR) is 69.1 cm³/mol. The number of ether oxygens (including phenoxy) is 1. The molecule has 88 valence electrons. The quantitative estimate of drug-likeness (QED) is 0.625. The Bertz CT molecular complexity index is 342. The SMILES string of the molecule is O=C(CC1(CS)CC1)OCCc1cccs1. The molecule has 1 aliphatic rings. The molecular formula is C12H16O2S2. The Morgan fingerprint density at radius 1 is 1.56 bits per heavy atom. The maximum absolute atomic E-state index is 11.5. The van der Waals surface area contributed by atoms with Crippen LogP contribution in [0.15, 0.2) is 17.5 Å². The number of rotatable bonds is 6. The van der Waals surface area contributed by atoms with Crippen LogP contribution < -0.4 is 0 Å². The van der Waals surface area contributed by atoms with Gasteiger partial charge in [-0.3, -0.25) is 4.79 Å². The molecule has 0 N–H and O–H groups in total. The van der Waals surface area contributed by atoms with E-state index in [1.54, 1.807) is 11.3 Å². The summed E-state index contributed by atoms with van der Waals surface area (Å²) in [5.41, 5.74) is 0.170. The van der Waals surface area contributed by atoms with Gasteiger partial charge in [-0.15, -0.1) is 11.3 Å². The van der Waals surface area contributed by atoms with E-state index in [4.69, 9.17) is 4.74 Å². The number of carbonyl (C=O) groups is 1. The van der Waals surface area contributed by atoms with E-state index in [-0.39, 0.29) is 11.4 Å². The first-order valence-electron chi connectivity index (χ1n) is 5.53. The molecule has 0 amide bonds. The molecule has 0 aliphatic heterocycles. The molecular weight excluding hydrogens is 240 g/mol. The van der Waals surface area contributed by atoms with E-state index in [0.717, 1.165) is 25.0 Å². The standard InChI is InChI=1S/C12H16O2S2/c13-11(8-12(9-15)4-5-12)14-6-3-10-2-1-7-16-10/h1-2,7,15H,3-6,8-9H2. The van der Waals surface area contributed by atoms with E-state index < -0.39 is 0 Å². The summed E-state index contributed by atoms with van der Waals surface area (Å²) >= 11 is 5.97. The van der Waals surface area contributed by atoms with Gasteiger partial charge in [-0.25, -0.2) is 0 Å². The number of thiol groups is 1. The summed E-state index contributed by atoms with van der Waals surface area (Å²) in [5, 5.41) is 2.04. The van der Waals surface area contributed by atoms with Gasteiger partial charge in [-0.1, -0.05) is 6.07 Å². The number of esters is 1. The molecule has 0 radical (unpaired) electrons. The van der Waals surface area contributed by atoms with Crippen molar-refractivity contribution in [3.8, 4) is 0 Å². The third-order valence-corrected chi connectivity index (χ3v) is 4.61. The van der Waals surface area contributed by atoms with Crippen molar-refractivity contribution in [2.75, 3.05) is 12.4 Å². The number of hydrogen-bond donors (Lipinski definition) is 1. The molecule has 2 nitrogen and oxygen atoms in total. The van der Waals surface area contributed by atoms with Gasteiger partial charge in [0.25, 0.3) is 0 Å². The average molecular weight is 256 g/mol. The van der Waals surface area contributed by atoms with E-state index in [1.165, 1.54) is 4.88 Å². The van der Waals surface area contributed by atoms with Crippen molar-refractivity contribution < 1.29 is 9.53 Å². The topological polar surface area (TPSA) is 26.3 Å². The molecule has 0 unspecified atom stereocenters. The van der Waals surface area contributed by atoms with E-state index in [1.807, 2.05) is 11.4 Å². The molecule has 0 aromatic carbocycles. The summed E-state index contributed by atoms with van der Waals surface area (Å²) in [4.78, 5) is 12.8. The molecule has 0 bridgehead atoms. The van der Waals surface area contributed by atoms with Crippen LogP contribution in [-0.2, 0) is 16.0 Å². The van der Waals surface area contributed by atoms with Gasteiger partial charge < -0.3 is 4.74 Å². The summed E-state index contributed by atoms with van der Waals surface area (Å²) in [5.74, 6) is 0.732. The van der Waals surface area contributed by atoms with Gasteiger partial charge in [0, 0.05) is 11.3 Å². The smallest absolute Gasteiger partial charge is 0.306 e. The monoisotopic (exact) mass is 256 g/mol. The summed E-state index contributed by atoms with van der Waals surface area (Å²) < 4.78 is 5.23. The first kappa shape index (κ1) is 12.0. The first-order valence-corrected chi connectivity index (χ1v) is 7.04. The fraction of sp³-hybridized carbons (Fsp3) is 0.583. The van der Waals surface area contributed by atoms with E-state index in [9.17, 15) is 4.79 Å². The van der Waals surface area contributed by atoms with Crippen LogP contribution in [0.2, 0.25) is 0 Å². The third-order valence-electron chi connectivity index (χ3n) is 3.00. The zero-order valence-electron chi connectivity index (χ0n) is 9.15. The van der Waals surface area contributed by atoms with Crippen LogP contribution in [0.3, 0.4) is 0 Å². The second kappa shape index (κ2) is 5.23. The van der Waals surface area contributed by atoms with Gasteiger partial charge in [-0.05, 0) is 35.5 Å². The van der Waals surface area contributed by atoms with E-state index >= 15 is 0 Å². The fourth-order valence-electron chi connectivity index (χ4n) is 1.65. The van der Waals surface area contributed by atoms with Gasteiger partial charge in [0.15, 0.2) is 0 Å². The Balaban J connectivity index is 1.64. The van der Waals surface area contributed by atoms with Crippen LogP contribution in [0.5, 0.6) is 0 Å². The molecule has 4 heteroatoms. The van der Waals surface area contributed by atoms with E-state index in [0.29, 0.717) is 13.0 Å². The molecule has 1 aromatic rings. The van der Waals surface area contributed by atoms with Gasteiger partial charge >= 0.3 is 5.97 Å². The van der Waals surface area contributed by atoms with Gasteiger partial charge in [0.05, 0.1) is 13.0 Å². The first-order chi connectivity index (χ1) is 7.74. The van der Waals surface area contributed by atoms with E-state index in [2.05, 4.69) is 18.7 Å². The lowest BCUT2D eigenvalue weighted by Crippen LogP contribution is -2.14. The lowest BCUT2D eigenvalue weighted by atomic mass is 10.1. The Morgan fingerprint density at radius 2 is 2.38 bits per heavy atom. The van der Waals surface area contributed by atoms with Crippen molar-refractivity contribution in [2.45, 2.75) is 25.7 Å². The van der Waals surface area contributed by atoms with Gasteiger partial charge in [0.2, 0.25) is 0 Å². The average Bonchev–Trinajstić information content (AvgIpc) is 2.85. The maximum atomic E-state index is 11.5. The number of hydrogen-bond acceptors (Lipinski definition) is 4. The van der Waals surface area contributed by atoms with Crippen molar-refractivity contribution in [3.63, 3.8) is 0 Å². The summed E-state index contributed by atoms with van der Waals surface area (Å²) in [6.07, 6.45) is 3.62. The Hall–Kier alpha value is -0.480. The van der Waals surface area contributed by atoms with Crippen LogP contribution in [0.1, 0.15) is 24.1 Å². The van der Waals surface area contributed by atoms with Crippen LogP contribution in [0, 0.1) is 5.41 Å². The molecule has 0 atom stereocenters. The third kappa shape index (κ3) is 3.25. The second-order valence-electron chi connectivity index (χ2n) is 4.38. The van der Waals surface area contributed by atoms with Crippen LogP contribution in [-0.4, -0.2) is 18.3 Å². The normalized spacial score (nSPS) is 17.1. The highest BCUT2D eigenvalue weighted by molar-refractivity contribution is 7.80. The predicted octanol–water partition coefficient (Wildman–Crippen LogP) is 2.93. The second-order valence-corrected chi connectivity index (χ2v) is 5.73. The minimum atomic E-state index is -0.0666. The summed E-state index contributed by atoms with van der Waals surface area (Å²) in [6, 6.07) is 4.08. The highest BCUT2D eigenvalue weighted by Crippen LogP contribution is 2.49. The summed E-state index contributed by atoms with van der Waals surface area (Å²) in [6.45, 7) is 0.502. The van der Waals surface area contributed by atoms with Crippen molar-refractivity contribution in [1.82, 2.24) is 0 Å². The molecule has 0 saturated heterocycles. The van der Waals surface area contributed by atoms with Crippen LogP contribution >= 0.6 is 24.0 Å². The lowest BCUT2D eigenvalue weighted by molar-refractivity contribution is -0.144. The van der Waals surface area contributed by atoms with Crippen molar-refractivity contribution in [2.24, 2.45) is 5.41 Å². The Morgan fingerprint density at radius 3 is 2.94 bits per heavy atom. The number of thiophene rings is 1. The molecule has 2 rings (SSSR count). The van der Waals surface area contributed by atoms with Gasteiger partial charge in [0.1, 0.15) is 0 Å². The fourth-order valence-corrected chi connectivity index (χ4v) is 2.76.